The quantitative estimate of drug-likeness (QED) is 0.721. The van der Waals surface area contributed by atoms with E-state index in [1.165, 1.54) is 0 Å². The number of hydrogen-bond donors (Lipinski definition) is 1. The van der Waals surface area contributed by atoms with Crippen molar-refractivity contribution >= 4 is 23.6 Å². The third kappa shape index (κ3) is 6.77. The van der Waals surface area contributed by atoms with Crippen molar-refractivity contribution in [3.05, 3.63) is 0 Å². The summed E-state index contributed by atoms with van der Waals surface area (Å²) >= 11 is 1.13. The van der Waals surface area contributed by atoms with Gasteiger partial charge in [0, 0.05) is 13.6 Å². The Morgan fingerprint density at radius 3 is 2.36 bits per heavy atom. The van der Waals surface area contributed by atoms with Gasteiger partial charge in [0.25, 0.3) is 0 Å². The molecule has 0 spiro atoms. The molecule has 0 saturated heterocycles. The highest BCUT2D eigenvalue weighted by molar-refractivity contribution is 8.00. The first-order chi connectivity index (χ1) is 6.43. The van der Waals surface area contributed by atoms with Crippen molar-refractivity contribution in [3.63, 3.8) is 0 Å². The highest BCUT2D eigenvalue weighted by atomic mass is 32.2. The minimum absolute atomic E-state index is 0.00931. The van der Waals surface area contributed by atoms with Crippen LogP contribution in [0.5, 0.6) is 0 Å². The Hall–Kier alpha value is -0.710. The van der Waals surface area contributed by atoms with Crippen molar-refractivity contribution in [1.29, 1.82) is 0 Å². The van der Waals surface area contributed by atoms with E-state index in [1.54, 1.807) is 11.9 Å². The normalized spacial score (nSPS) is 10.3. The van der Waals surface area contributed by atoms with Crippen molar-refractivity contribution in [2.75, 3.05) is 25.1 Å². The predicted octanol–water partition coefficient (Wildman–Crippen LogP) is 0.919. The van der Waals surface area contributed by atoms with Gasteiger partial charge < -0.3 is 10.0 Å². The lowest BCUT2D eigenvalue weighted by Gasteiger charge is -2.18. The molecule has 0 atom stereocenters. The van der Waals surface area contributed by atoms with Crippen molar-refractivity contribution in [1.82, 2.24) is 4.90 Å². The SMILES string of the molecule is CC(C)CN(C)C(=O)CSCC(=O)O. The van der Waals surface area contributed by atoms with Crippen LogP contribution in [0.2, 0.25) is 0 Å². The summed E-state index contributed by atoms with van der Waals surface area (Å²) in [6.45, 7) is 4.79. The average Bonchev–Trinajstić information content (AvgIpc) is 2.01. The molecule has 0 fully saturated rings. The summed E-state index contributed by atoms with van der Waals surface area (Å²) in [5.74, 6) is -0.218. The van der Waals surface area contributed by atoms with E-state index in [-0.39, 0.29) is 17.4 Å². The molecule has 4 nitrogen and oxygen atoms in total. The average molecular weight is 219 g/mol. The molecular weight excluding hydrogens is 202 g/mol. The molecule has 1 N–H and O–H groups in total. The highest BCUT2D eigenvalue weighted by Crippen LogP contribution is 2.03. The standard InChI is InChI=1S/C9H17NO3S/c1-7(2)4-10(3)8(11)5-14-6-9(12)13/h7H,4-6H2,1-3H3,(H,12,13). The first-order valence-electron chi connectivity index (χ1n) is 4.47. The fraction of sp³-hybridized carbons (Fsp3) is 0.778. The molecule has 0 bridgehead atoms. The van der Waals surface area contributed by atoms with Crippen LogP contribution in [0.1, 0.15) is 13.8 Å². The van der Waals surface area contributed by atoms with Gasteiger partial charge in [0.05, 0.1) is 11.5 Å². The molecule has 0 heterocycles. The van der Waals surface area contributed by atoms with Gasteiger partial charge in [0.1, 0.15) is 0 Å². The zero-order valence-electron chi connectivity index (χ0n) is 8.82. The Labute approximate surface area is 88.7 Å². The first kappa shape index (κ1) is 13.3. The van der Waals surface area contributed by atoms with Gasteiger partial charge in [-0.25, -0.2) is 0 Å². The number of carboxylic acid groups (broad SMARTS) is 1. The highest BCUT2D eigenvalue weighted by Gasteiger charge is 2.10. The maximum absolute atomic E-state index is 11.4. The lowest BCUT2D eigenvalue weighted by atomic mass is 10.2. The lowest BCUT2D eigenvalue weighted by molar-refractivity contribution is -0.133. The molecule has 0 aliphatic heterocycles. The third-order valence-corrected chi connectivity index (χ3v) is 2.42. The molecule has 0 aromatic heterocycles. The molecule has 0 radical (unpaired) electrons. The van der Waals surface area contributed by atoms with E-state index >= 15 is 0 Å². The number of amides is 1. The van der Waals surface area contributed by atoms with Gasteiger partial charge in [0.2, 0.25) is 5.91 Å². The van der Waals surface area contributed by atoms with Gasteiger partial charge in [-0.15, -0.1) is 11.8 Å². The molecular formula is C9H17NO3S. The van der Waals surface area contributed by atoms with Gasteiger partial charge in [-0.2, -0.15) is 0 Å². The second-order valence-electron chi connectivity index (χ2n) is 3.55. The molecule has 0 aromatic carbocycles. The van der Waals surface area contributed by atoms with Gasteiger partial charge in [-0.1, -0.05) is 13.8 Å². The van der Waals surface area contributed by atoms with Crippen LogP contribution in [0.3, 0.4) is 0 Å². The topological polar surface area (TPSA) is 57.6 Å². The number of aliphatic carboxylic acids is 1. The molecule has 0 aliphatic carbocycles. The summed E-state index contributed by atoms with van der Waals surface area (Å²) in [5, 5.41) is 8.36. The van der Waals surface area contributed by atoms with Crippen LogP contribution in [0, 0.1) is 5.92 Å². The molecule has 0 aromatic rings. The number of rotatable bonds is 6. The summed E-state index contributed by atoms with van der Waals surface area (Å²) < 4.78 is 0. The number of hydrogen-bond acceptors (Lipinski definition) is 3. The van der Waals surface area contributed by atoms with E-state index in [4.69, 9.17) is 5.11 Å². The molecule has 0 aliphatic rings. The molecule has 0 rings (SSSR count). The van der Waals surface area contributed by atoms with Crippen molar-refractivity contribution in [2.24, 2.45) is 5.92 Å². The van der Waals surface area contributed by atoms with E-state index in [9.17, 15) is 9.59 Å². The van der Waals surface area contributed by atoms with Gasteiger partial charge in [-0.05, 0) is 5.92 Å². The summed E-state index contributed by atoms with van der Waals surface area (Å²) in [6, 6.07) is 0. The largest absolute Gasteiger partial charge is 0.481 e. The molecule has 0 unspecified atom stereocenters. The van der Waals surface area contributed by atoms with Crippen LogP contribution in [0.15, 0.2) is 0 Å². The van der Waals surface area contributed by atoms with Crippen molar-refractivity contribution < 1.29 is 14.7 Å². The van der Waals surface area contributed by atoms with Crippen LogP contribution >= 0.6 is 11.8 Å². The van der Waals surface area contributed by atoms with Gasteiger partial charge in [-0.3, -0.25) is 9.59 Å². The minimum Gasteiger partial charge on any atom is -0.481 e. The van der Waals surface area contributed by atoms with Gasteiger partial charge >= 0.3 is 5.97 Å². The monoisotopic (exact) mass is 219 g/mol. The maximum Gasteiger partial charge on any atom is 0.313 e. The zero-order valence-corrected chi connectivity index (χ0v) is 9.63. The van der Waals surface area contributed by atoms with E-state index in [0.29, 0.717) is 12.5 Å². The van der Waals surface area contributed by atoms with Crippen LogP contribution in [-0.2, 0) is 9.59 Å². The summed E-state index contributed by atoms with van der Waals surface area (Å²) in [5.41, 5.74) is 0. The number of thioether (sulfide) groups is 1. The van der Waals surface area contributed by atoms with Crippen LogP contribution < -0.4 is 0 Å². The Morgan fingerprint density at radius 1 is 1.36 bits per heavy atom. The number of carboxylic acids is 1. The zero-order chi connectivity index (χ0) is 11.1. The summed E-state index contributed by atoms with van der Waals surface area (Å²) in [7, 11) is 1.74. The molecule has 14 heavy (non-hydrogen) atoms. The van der Waals surface area contributed by atoms with Gasteiger partial charge in [0.15, 0.2) is 0 Å². The lowest BCUT2D eigenvalue weighted by Crippen LogP contribution is -2.31. The Kier molecular flexibility index (Phi) is 6.36. The predicted molar refractivity (Wildman–Crippen MR) is 57.4 cm³/mol. The van der Waals surface area contributed by atoms with E-state index in [0.717, 1.165) is 11.8 Å². The van der Waals surface area contributed by atoms with Crippen molar-refractivity contribution in [3.8, 4) is 0 Å². The number of nitrogens with zero attached hydrogens (tertiary/aromatic N) is 1. The number of carbonyl (C=O) groups is 2. The first-order valence-corrected chi connectivity index (χ1v) is 5.62. The van der Waals surface area contributed by atoms with E-state index in [2.05, 4.69) is 0 Å². The molecule has 1 amide bonds. The smallest absolute Gasteiger partial charge is 0.313 e. The fourth-order valence-corrected chi connectivity index (χ4v) is 1.66. The number of carbonyl (C=O) groups excluding carboxylic acids is 1. The van der Waals surface area contributed by atoms with Crippen molar-refractivity contribution in [2.45, 2.75) is 13.8 Å². The Morgan fingerprint density at radius 2 is 1.93 bits per heavy atom. The molecule has 5 heteroatoms. The van der Waals surface area contributed by atoms with Crippen LogP contribution in [-0.4, -0.2) is 47.0 Å². The molecule has 82 valence electrons. The summed E-state index contributed by atoms with van der Waals surface area (Å²) in [6.07, 6.45) is 0. The third-order valence-electron chi connectivity index (χ3n) is 1.52. The second-order valence-corrected chi connectivity index (χ2v) is 4.54. The van der Waals surface area contributed by atoms with E-state index < -0.39 is 5.97 Å². The van der Waals surface area contributed by atoms with Crippen LogP contribution in [0.4, 0.5) is 0 Å². The Bertz CT molecular complexity index is 206. The Balaban J connectivity index is 3.67. The van der Waals surface area contributed by atoms with Crippen LogP contribution in [0.25, 0.3) is 0 Å². The minimum atomic E-state index is -0.880. The maximum atomic E-state index is 11.4. The second kappa shape index (κ2) is 6.70. The fourth-order valence-electron chi connectivity index (χ4n) is 0.985. The molecule has 0 saturated carbocycles. The summed E-state index contributed by atoms with van der Waals surface area (Å²) in [4.78, 5) is 23.2. The van der Waals surface area contributed by atoms with E-state index in [1.807, 2.05) is 13.8 Å².